The molecule has 1 saturated carbocycles. The van der Waals surface area contributed by atoms with Crippen molar-refractivity contribution < 1.29 is 25.2 Å². The highest BCUT2D eigenvalue weighted by Crippen LogP contribution is 2.39. The Hall–Kier alpha value is -1.74. The maximum atomic E-state index is 12.6. The highest BCUT2D eigenvalue weighted by atomic mass is 32.2. The van der Waals surface area contributed by atoms with E-state index in [1.165, 1.54) is 24.3 Å². The molecule has 27 heavy (non-hydrogen) atoms. The summed E-state index contributed by atoms with van der Waals surface area (Å²) in [5.41, 5.74) is 0.707. The Bertz CT molecular complexity index is 1000. The summed E-state index contributed by atoms with van der Waals surface area (Å²) in [5, 5.41) is 0. The molecule has 0 N–H and O–H groups in total. The van der Waals surface area contributed by atoms with Crippen molar-refractivity contribution in [3.05, 3.63) is 59.7 Å². The first kappa shape index (κ1) is 20.0. The van der Waals surface area contributed by atoms with Crippen LogP contribution < -0.4 is 0 Å². The molecule has 0 amide bonds. The lowest BCUT2D eigenvalue weighted by Gasteiger charge is -2.39. The summed E-state index contributed by atoms with van der Waals surface area (Å²) in [4.78, 5) is 0.0738. The number of hydrogen-bond donors (Lipinski definition) is 0. The largest absolute Gasteiger partial charge is 0.297 e. The van der Waals surface area contributed by atoms with Crippen LogP contribution in [-0.4, -0.2) is 29.0 Å². The van der Waals surface area contributed by atoms with E-state index in [-0.39, 0.29) is 16.4 Å². The Morgan fingerprint density at radius 3 is 1.63 bits per heavy atom. The van der Waals surface area contributed by atoms with Gasteiger partial charge in [-0.1, -0.05) is 35.4 Å². The molecule has 146 valence electrons. The molecule has 2 aromatic rings. The lowest BCUT2D eigenvalue weighted by atomic mass is 9.81. The summed E-state index contributed by atoms with van der Waals surface area (Å²) in [7, 11) is -8.00. The van der Waals surface area contributed by atoms with Crippen LogP contribution in [-0.2, 0) is 28.6 Å². The van der Waals surface area contributed by atoms with Crippen molar-refractivity contribution in [3.63, 3.8) is 0 Å². The first-order valence-electron chi connectivity index (χ1n) is 8.60. The van der Waals surface area contributed by atoms with E-state index >= 15 is 0 Å². The van der Waals surface area contributed by atoms with Crippen molar-refractivity contribution in [1.29, 1.82) is 0 Å². The fourth-order valence-corrected chi connectivity index (χ4v) is 4.99. The van der Waals surface area contributed by atoms with Crippen LogP contribution in [0.1, 0.15) is 30.4 Å². The molecule has 0 atom stereocenters. The molecule has 3 rings (SSSR count). The van der Waals surface area contributed by atoms with Gasteiger partial charge in [0.15, 0.2) is 0 Å². The minimum absolute atomic E-state index is 0.0314. The Labute approximate surface area is 160 Å². The fraction of sp³-hybridized carbons (Fsp3) is 0.368. The lowest BCUT2D eigenvalue weighted by molar-refractivity contribution is -0.0370. The van der Waals surface area contributed by atoms with Gasteiger partial charge in [-0.15, -0.1) is 0 Å². The van der Waals surface area contributed by atoms with Gasteiger partial charge in [-0.2, -0.15) is 16.8 Å². The van der Waals surface area contributed by atoms with Crippen LogP contribution in [0.25, 0.3) is 0 Å². The molecule has 1 fully saturated rings. The maximum absolute atomic E-state index is 12.6. The van der Waals surface area contributed by atoms with Crippen molar-refractivity contribution in [2.24, 2.45) is 0 Å². The molecule has 0 spiro atoms. The normalized spacial score (nSPS) is 16.7. The van der Waals surface area contributed by atoms with Crippen LogP contribution in [0.4, 0.5) is 0 Å². The second-order valence-corrected chi connectivity index (χ2v) is 10.1. The molecule has 0 saturated heterocycles. The number of hydrogen-bond acceptors (Lipinski definition) is 6. The van der Waals surface area contributed by atoms with Gasteiger partial charge in [0.25, 0.3) is 20.2 Å². The van der Waals surface area contributed by atoms with Crippen molar-refractivity contribution in [3.8, 4) is 0 Å². The van der Waals surface area contributed by atoms with Crippen LogP contribution >= 0.6 is 0 Å². The van der Waals surface area contributed by atoms with E-state index in [0.717, 1.165) is 17.5 Å². The second-order valence-electron chi connectivity index (χ2n) is 6.92. The monoisotopic (exact) mass is 410 g/mol. The van der Waals surface area contributed by atoms with E-state index in [4.69, 9.17) is 8.37 Å². The summed E-state index contributed by atoms with van der Waals surface area (Å²) in [6, 6.07) is 12.6. The minimum atomic E-state index is -4.01. The first-order valence-corrected chi connectivity index (χ1v) is 11.4. The molecule has 6 nitrogen and oxygen atoms in total. The number of rotatable bonds is 7. The third-order valence-electron chi connectivity index (χ3n) is 4.65. The summed E-state index contributed by atoms with van der Waals surface area (Å²) >= 11 is 0. The molecule has 2 aromatic carbocycles. The molecular formula is C19H22O6S2. The van der Waals surface area contributed by atoms with Crippen LogP contribution in [0.3, 0.4) is 0 Å². The lowest BCUT2D eigenvalue weighted by Crippen LogP contribution is -2.46. The van der Waals surface area contributed by atoms with Gasteiger partial charge in [-0.05, 0) is 57.4 Å². The zero-order valence-corrected chi connectivity index (χ0v) is 16.8. The topological polar surface area (TPSA) is 86.7 Å². The smallest absolute Gasteiger partial charge is 0.263 e. The van der Waals surface area contributed by atoms with Gasteiger partial charge < -0.3 is 0 Å². The van der Waals surface area contributed by atoms with Crippen LogP contribution in [0.2, 0.25) is 0 Å². The molecule has 0 aromatic heterocycles. The highest BCUT2D eigenvalue weighted by molar-refractivity contribution is 7.87. The van der Waals surface area contributed by atoms with Gasteiger partial charge in [0.05, 0.1) is 16.4 Å². The van der Waals surface area contributed by atoms with Gasteiger partial charge in [0, 0.05) is 0 Å². The van der Waals surface area contributed by atoms with Crippen LogP contribution in [0.15, 0.2) is 58.3 Å². The molecule has 0 bridgehead atoms. The quantitative estimate of drug-likeness (QED) is 0.651. The summed E-state index contributed by atoms with van der Waals surface area (Å²) in [6.07, 6.45) is 1.58. The zero-order chi connectivity index (χ0) is 19.7. The molecule has 1 aliphatic rings. The number of benzene rings is 2. The predicted octanol–water partition coefficient (Wildman–Crippen LogP) is 3.34. The second kappa shape index (κ2) is 7.35. The molecule has 0 radical (unpaired) electrons. The van der Waals surface area contributed by atoms with Gasteiger partial charge in [-0.3, -0.25) is 8.37 Å². The Morgan fingerprint density at radius 2 is 1.22 bits per heavy atom. The molecule has 1 aliphatic carbocycles. The van der Waals surface area contributed by atoms with Gasteiger partial charge >= 0.3 is 0 Å². The van der Waals surface area contributed by atoms with E-state index in [0.29, 0.717) is 12.8 Å². The summed E-state index contributed by atoms with van der Waals surface area (Å²) in [6.45, 7) is 3.37. The maximum Gasteiger partial charge on any atom is 0.297 e. The molecule has 0 aliphatic heterocycles. The van der Waals surface area contributed by atoms with Crippen molar-refractivity contribution >= 4 is 20.2 Å². The average molecular weight is 411 g/mol. The standard InChI is InChI=1S/C19H22O6S2/c1-15-4-8-17(9-5-15)26(20,21)24-14-19(12-3-13-19)25-27(22,23)18-10-6-16(2)7-11-18/h4-11H,3,12-14H2,1-2H3. The summed E-state index contributed by atoms with van der Waals surface area (Å²) in [5.74, 6) is 0. The van der Waals surface area contributed by atoms with E-state index in [1.807, 2.05) is 13.8 Å². The summed E-state index contributed by atoms with van der Waals surface area (Å²) < 4.78 is 60.4. The van der Waals surface area contributed by atoms with Crippen LogP contribution in [0, 0.1) is 13.8 Å². The number of aryl methyl sites for hydroxylation is 2. The van der Waals surface area contributed by atoms with E-state index in [1.54, 1.807) is 24.3 Å². The molecule has 0 unspecified atom stereocenters. The third kappa shape index (κ3) is 4.57. The van der Waals surface area contributed by atoms with E-state index in [9.17, 15) is 16.8 Å². The Balaban J connectivity index is 1.74. The van der Waals surface area contributed by atoms with E-state index in [2.05, 4.69) is 0 Å². The minimum Gasteiger partial charge on any atom is -0.263 e. The van der Waals surface area contributed by atoms with Gasteiger partial charge in [0.2, 0.25) is 0 Å². The highest BCUT2D eigenvalue weighted by Gasteiger charge is 2.44. The average Bonchev–Trinajstić information content (AvgIpc) is 2.58. The molecule has 0 heterocycles. The van der Waals surface area contributed by atoms with Gasteiger partial charge in [-0.25, -0.2) is 0 Å². The molecular weight excluding hydrogens is 388 g/mol. The molecule has 8 heteroatoms. The van der Waals surface area contributed by atoms with Crippen molar-refractivity contribution in [2.45, 2.75) is 48.5 Å². The van der Waals surface area contributed by atoms with Crippen molar-refractivity contribution in [2.75, 3.05) is 6.61 Å². The van der Waals surface area contributed by atoms with Gasteiger partial charge in [0.1, 0.15) is 5.60 Å². The van der Waals surface area contributed by atoms with E-state index < -0.39 is 25.8 Å². The van der Waals surface area contributed by atoms with Crippen molar-refractivity contribution in [1.82, 2.24) is 0 Å². The zero-order valence-electron chi connectivity index (χ0n) is 15.2. The predicted molar refractivity (Wildman–Crippen MR) is 100 cm³/mol. The first-order chi connectivity index (χ1) is 12.6. The SMILES string of the molecule is Cc1ccc(S(=O)(=O)OCC2(OS(=O)(=O)c3ccc(C)cc3)CCC2)cc1. The Morgan fingerprint density at radius 1 is 0.778 bits per heavy atom. The third-order valence-corrected chi connectivity index (χ3v) is 7.35. The van der Waals surface area contributed by atoms with Crippen LogP contribution in [0.5, 0.6) is 0 Å². The Kier molecular flexibility index (Phi) is 5.45. The fourth-order valence-electron chi connectivity index (χ4n) is 2.77.